The minimum atomic E-state index is 0. The Bertz CT molecular complexity index is 0. The van der Waals surface area contributed by atoms with E-state index in [-0.39, 0.29) is 3710 Å². The molecule has 0 aliphatic rings. The van der Waals surface area contributed by atoms with Crippen molar-refractivity contribution in [1.29, 1.82) is 0 Å². The summed E-state index contributed by atoms with van der Waals surface area (Å²) in [5.74, 6) is 0. The second-order valence-corrected chi connectivity index (χ2v) is 0. The summed E-state index contributed by atoms with van der Waals surface area (Å²) in [6.45, 7) is 0. The van der Waals surface area contributed by atoms with Gasteiger partial charge in [0, 0.05) is 3710 Å². The Kier molecular flexibility index (Phi) is 4850. The van der Waals surface area contributed by atoms with Crippen molar-refractivity contribution in [2.24, 2.45) is 0 Å². The monoisotopic (exact) mass is 15300 g/mol. The predicted molar refractivity (Wildman–Crippen MR) is 0 cm³/mol. The van der Waals surface area contributed by atoms with Crippen molar-refractivity contribution in [3.63, 3.8) is 0 Å². The summed E-state index contributed by atoms with van der Waals surface area (Å²) in [5, 5.41) is 0. The average molecular weight is 15300 g/mol. The third kappa shape index (κ3) is 669. The first-order chi connectivity index (χ1) is 0. The van der Waals surface area contributed by atoms with Crippen LogP contribution in [0.5, 0.6) is 0 Å². The van der Waals surface area contributed by atoms with Crippen LogP contribution in [0.1, 0.15) is 0 Å². The van der Waals surface area contributed by atoms with Gasteiger partial charge in [0.25, 0.3) is 0 Å². The molecule has 0 aliphatic heterocycles. The summed E-state index contributed by atoms with van der Waals surface area (Å²) in [6, 6.07) is 0. The van der Waals surface area contributed by atoms with E-state index in [9.17, 15) is 0 Å². The van der Waals surface area contributed by atoms with Gasteiger partial charge in [-0.05, 0) is 0 Å². The molecule has 864 valence electrons. The molecule has 96 heteroatoms. The van der Waals surface area contributed by atoms with Crippen molar-refractivity contribution >= 4 is 0 Å². The molecule has 0 aromatic rings. The largest absolute Gasteiger partial charge is 0 e. The molecule has 0 atom stereocenters. The van der Waals surface area contributed by atoms with Crippen molar-refractivity contribution in [2.45, 2.75) is 0 Å². The molecule has 0 fully saturated rings. The molecule has 0 heterocycles. The topological polar surface area (TPSA) is 0 Å². The Hall–Kier alpha value is 123. The molecule has 96 heavy (non-hydrogen) atoms. The summed E-state index contributed by atoms with van der Waals surface area (Å²) in [7, 11) is 0. The molecule has 0 amide bonds. The Balaban J connectivity index is 0. The van der Waals surface area contributed by atoms with E-state index in [0.717, 1.165) is 0 Å². The fourth-order valence-electron chi connectivity index (χ4n) is 0. The van der Waals surface area contributed by atoms with E-state index < -0.39 is 0 Å². The van der Waals surface area contributed by atoms with E-state index in [2.05, 4.69) is 0 Å². The van der Waals surface area contributed by atoms with Crippen LogP contribution in [0.15, 0.2) is 0 Å². The van der Waals surface area contributed by atoms with Gasteiger partial charge in [0.2, 0.25) is 0 Å². The van der Waals surface area contributed by atoms with Crippen molar-refractivity contribution in [3.8, 4) is 0 Å². The second-order valence-electron chi connectivity index (χ2n) is 0. The van der Waals surface area contributed by atoms with Gasteiger partial charge in [-0.2, -0.15) is 0 Å². The van der Waals surface area contributed by atoms with Gasteiger partial charge in [0.15, 0.2) is 0 Å². The third-order valence-electron chi connectivity index (χ3n) is 0. The van der Waals surface area contributed by atoms with Gasteiger partial charge < -0.3 is 0 Å². The molecule has 96 radical (unpaired) electrons. The van der Waals surface area contributed by atoms with Crippen molar-refractivity contribution in [2.75, 3.05) is 0 Å². The minimum absolute atomic E-state index is 0. The summed E-state index contributed by atoms with van der Waals surface area (Å²) >= 11 is 0. The van der Waals surface area contributed by atoms with Crippen LogP contribution in [0.4, 0.5) is 0 Å². The van der Waals surface area contributed by atoms with Crippen LogP contribution < -0.4 is 0 Å². The Morgan fingerprint density at radius 2 is 0.0104 bits per heavy atom. The molecule has 0 aromatic carbocycles. The Morgan fingerprint density at radius 1 is 0.0104 bits per heavy atom. The van der Waals surface area contributed by atoms with Crippen molar-refractivity contribution < 1.29 is 3710 Å². The van der Waals surface area contributed by atoms with E-state index in [0.29, 0.717) is 0 Å². The zero-order chi connectivity index (χ0) is 0. The standard InChI is InChI=1S/96Tb. The van der Waals surface area contributed by atoms with Gasteiger partial charge >= 0.3 is 0 Å². The van der Waals surface area contributed by atoms with E-state index in [1.165, 1.54) is 0 Å². The quantitative estimate of drug-likeness (QED) is 0.321. The molecule has 0 aliphatic carbocycles. The summed E-state index contributed by atoms with van der Waals surface area (Å²) in [5.41, 5.74) is 0. The summed E-state index contributed by atoms with van der Waals surface area (Å²) in [4.78, 5) is 0. The van der Waals surface area contributed by atoms with Crippen LogP contribution in [-0.4, -0.2) is 0 Å². The third-order valence-corrected chi connectivity index (χ3v) is 0. The first-order valence-corrected chi connectivity index (χ1v) is 0. The van der Waals surface area contributed by atoms with Gasteiger partial charge in [-0.3, -0.25) is 0 Å². The molecule has 0 spiro atoms. The molecule has 0 saturated heterocycles. The van der Waals surface area contributed by atoms with Crippen LogP contribution in [0.2, 0.25) is 0 Å². The van der Waals surface area contributed by atoms with Crippen LogP contribution in [0.25, 0.3) is 0 Å². The minimum Gasteiger partial charge on any atom is 0 e. The molecular formula is Tb96. The molecular weight excluding hydrogens is 15300 g/mol. The number of rotatable bonds is 0. The first-order valence-electron chi connectivity index (χ1n) is 0. The zero-order valence-electron chi connectivity index (χ0n) is 32.0. The fourth-order valence-corrected chi connectivity index (χ4v) is 0. The summed E-state index contributed by atoms with van der Waals surface area (Å²) < 4.78 is 0. The molecule has 0 saturated carbocycles. The normalized spacial score (nSPS) is 0. The second kappa shape index (κ2) is 678. The molecule has 0 rings (SSSR count). The van der Waals surface area contributed by atoms with Crippen molar-refractivity contribution in [3.05, 3.63) is 0 Å². The molecule has 0 N–H and O–H groups in total. The van der Waals surface area contributed by atoms with Crippen molar-refractivity contribution in [1.82, 2.24) is 0 Å². The van der Waals surface area contributed by atoms with Crippen LogP contribution in [0.3, 0.4) is 0 Å². The molecule has 0 unspecified atom stereocenters. The van der Waals surface area contributed by atoms with Gasteiger partial charge in [-0.15, -0.1) is 0 Å². The molecule has 0 aromatic heterocycles. The Labute approximate surface area is 3550 Å². The van der Waals surface area contributed by atoms with Gasteiger partial charge in [-0.1, -0.05) is 0 Å². The maximum Gasteiger partial charge on any atom is 0 e. The van der Waals surface area contributed by atoms with E-state index in [1.54, 1.807) is 0 Å². The fraction of sp³-hybridized carbons (Fsp3) is 0. The maximum absolute atomic E-state index is 0. The van der Waals surface area contributed by atoms with E-state index in [1.807, 2.05) is 0 Å². The van der Waals surface area contributed by atoms with Crippen LogP contribution in [0, 0.1) is 3710 Å². The van der Waals surface area contributed by atoms with Gasteiger partial charge in [0.1, 0.15) is 0 Å². The maximum atomic E-state index is 0. The zero-order valence-corrected chi connectivity index (χ0v) is 237. The SMILES string of the molecule is [Tb].[Tb].[Tb].[Tb].[Tb].[Tb].[Tb].[Tb].[Tb].[Tb].[Tb].[Tb].[Tb].[Tb].[Tb].[Tb].[Tb].[Tb].[Tb].[Tb].[Tb].[Tb].[Tb].[Tb].[Tb].[Tb].[Tb].[Tb].[Tb].[Tb].[Tb].[Tb].[Tb].[Tb].[Tb].[Tb].[Tb].[Tb].[Tb].[Tb].[Tb].[Tb].[Tb].[Tb].[Tb].[Tb].[Tb].[Tb].[Tb].[Tb].[Tb].[Tb].[Tb].[Tb].[Tb].[Tb].[Tb].[Tb].[Tb].[Tb].[Tb].[Tb].[Tb].[Tb].[Tb].[Tb].[Tb].[Tb].[Tb].[Tb].[Tb].[Tb].[Tb].[Tb].[Tb].[Tb].[Tb].[Tb].[Tb].[Tb].[Tb].[Tb].[Tb].[Tb].[Tb].[Tb].[Tb].[Tb].[Tb].[Tb].[Tb].[Tb].[Tb].[Tb].[Tb].[Tb]. The smallest absolute Gasteiger partial charge is 0 e. The predicted octanol–water partition coefficient (Wildman–Crippen LogP) is 0. The summed E-state index contributed by atoms with van der Waals surface area (Å²) in [6.07, 6.45) is 0. The average Bonchev–Trinajstić information content (AvgIpc) is 0. The number of hydrogen-bond acceptors (Lipinski definition) is 0. The van der Waals surface area contributed by atoms with E-state index in [4.69, 9.17) is 0 Å². The first kappa shape index (κ1) is 687. The van der Waals surface area contributed by atoms with Crippen LogP contribution >= 0.6 is 0 Å². The van der Waals surface area contributed by atoms with Crippen LogP contribution in [-0.2, 0) is 0 Å². The number of hydrogen-bond donors (Lipinski definition) is 0. The Morgan fingerprint density at radius 3 is 0.0104 bits per heavy atom. The van der Waals surface area contributed by atoms with Gasteiger partial charge in [0.05, 0.1) is 0 Å². The molecule has 0 nitrogen and oxygen atoms in total. The van der Waals surface area contributed by atoms with Gasteiger partial charge in [-0.25, -0.2) is 0 Å². The molecule has 0 bridgehead atoms. The van der Waals surface area contributed by atoms with E-state index >= 15 is 0 Å².